The molecule has 0 aromatic heterocycles. The van der Waals surface area contributed by atoms with Crippen LogP contribution in [0.15, 0.2) is 24.3 Å². The van der Waals surface area contributed by atoms with Crippen molar-refractivity contribution in [2.45, 2.75) is 18.9 Å². The Kier molecular flexibility index (Phi) is 4.98. The molecule has 0 bridgehead atoms. The van der Waals surface area contributed by atoms with Crippen LogP contribution in [0.25, 0.3) is 0 Å². The average Bonchev–Trinajstić information content (AvgIpc) is 2.82. The summed E-state index contributed by atoms with van der Waals surface area (Å²) >= 11 is 5.84. The molecule has 1 aromatic rings. The van der Waals surface area contributed by atoms with Crippen LogP contribution in [0, 0.1) is 0 Å². The van der Waals surface area contributed by atoms with Crippen LogP contribution in [0.3, 0.4) is 0 Å². The van der Waals surface area contributed by atoms with E-state index in [1.807, 2.05) is 0 Å². The summed E-state index contributed by atoms with van der Waals surface area (Å²) in [6.07, 6.45) is 0.908. The lowest BCUT2D eigenvalue weighted by molar-refractivity contribution is -0.124. The molecule has 0 saturated carbocycles. The second-order valence-electron chi connectivity index (χ2n) is 4.58. The van der Waals surface area contributed by atoms with E-state index in [-0.39, 0.29) is 11.8 Å². The van der Waals surface area contributed by atoms with Crippen molar-refractivity contribution in [3.8, 4) is 0 Å². The van der Waals surface area contributed by atoms with Crippen molar-refractivity contribution in [2.24, 2.45) is 0 Å². The Morgan fingerprint density at radius 2 is 2.15 bits per heavy atom. The molecule has 1 aromatic carbocycles. The predicted octanol–water partition coefficient (Wildman–Crippen LogP) is 1.60. The van der Waals surface area contributed by atoms with Gasteiger partial charge in [-0.25, -0.2) is 0 Å². The lowest BCUT2D eigenvalue weighted by atomic mass is 10.2. The third kappa shape index (κ3) is 3.29. The van der Waals surface area contributed by atoms with Gasteiger partial charge >= 0.3 is 0 Å². The highest BCUT2D eigenvalue weighted by atomic mass is 35.5. The normalized spacial score (nSPS) is 18.4. The highest BCUT2D eigenvalue weighted by Crippen LogP contribution is 2.27. The van der Waals surface area contributed by atoms with Gasteiger partial charge in [0, 0.05) is 30.8 Å². The van der Waals surface area contributed by atoms with E-state index >= 15 is 0 Å². The summed E-state index contributed by atoms with van der Waals surface area (Å²) < 4.78 is 4.89. The van der Waals surface area contributed by atoms with E-state index in [1.54, 1.807) is 36.3 Å². The van der Waals surface area contributed by atoms with Crippen molar-refractivity contribution in [2.75, 3.05) is 25.2 Å². The predicted molar refractivity (Wildman–Crippen MR) is 76.8 cm³/mol. The summed E-state index contributed by atoms with van der Waals surface area (Å²) in [6.45, 7) is 0.891. The second-order valence-corrected chi connectivity index (χ2v) is 5.01. The quantitative estimate of drug-likeness (QED) is 0.840. The van der Waals surface area contributed by atoms with Gasteiger partial charge in [0.05, 0.1) is 6.61 Å². The number of nitrogens with one attached hydrogen (secondary N) is 1. The van der Waals surface area contributed by atoms with Gasteiger partial charge in [-0.1, -0.05) is 11.6 Å². The van der Waals surface area contributed by atoms with Crippen LogP contribution in [0.5, 0.6) is 0 Å². The number of rotatable bonds is 5. The maximum atomic E-state index is 12.1. The van der Waals surface area contributed by atoms with Crippen LogP contribution in [0.2, 0.25) is 5.02 Å². The van der Waals surface area contributed by atoms with Crippen LogP contribution in [0.1, 0.15) is 12.8 Å². The smallest absolute Gasteiger partial charge is 0.243 e. The molecule has 1 saturated heterocycles. The zero-order valence-electron chi connectivity index (χ0n) is 11.3. The summed E-state index contributed by atoms with van der Waals surface area (Å²) in [7, 11) is 1.57. The molecule has 0 radical (unpaired) electrons. The van der Waals surface area contributed by atoms with Crippen molar-refractivity contribution >= 4 is 29.1 Å². The largest absolute Gasteiger partial charge is 0.383 e. The fourth-order valence-electron chi connectivity index (χ4n) is 2.25. The molecule has 1 aliphatic rings. The Bertz CT molecular complexity index is 490. The zero-order chi connectivity index (χ0) is 14.5. The standard InChI is InChI=1S/C14H17ClN2O3/c1-20-9-8-16-14(19)12-6-7-13(18)17(12)11-4-2-10(15)3-5-11/h2-5,12H,6-9H2,1H3,(H,16,19). The van der Waals surface area contributed by atoms with Crippen LogP contribution in [-0.4, -0.2) is 38.1 Å². The number of hydrogen-bond acceptors (Lipinski definition) is 3. The Morgan fingerprint density at radius 1 is 1.45 bits per heavy atom. The molecular weight excluding hydrogens is 280 g/mol. The first-order chi connectivity index (χ1) is 9.63. The molecule has 2 rings (SSSR count). The number of hydrogen-bond donors (Lipinski definition) is 1. The van der Waals surface area contributed by atoms with Gasteiger partial charge in [-0.3, -0.25) is 14.5 Å². The van der Waals surface area contributed by atoms with Gasteiger partial charge in [0.15, 0.2) is 0 Å². The van der Waals surface area contributed by atoms with E-state index in [9.17, 15) is 9.59 Å². The van der Waals surface area contributed by atoms with Crippen LogP contribution in [0.4, 0.5) is 5.69 Å². The third-order valence-corrected chi connectivity index (χ3v) is 3.48. The van der Waals surface area contributed by atoms with Crippen molar-refractivity contribution in [1.29, 1.82) is 0 Å². The molecule has 2 amide bonds. The number of ether oxygens (including phenoxy) is 1. The van der Waals surface area contributed by atoms with Gasteiger partial charge in [-0.2, -0.15) is 0 Å². The first-order valence-electron chi connectivity index (χ1n) is 6.47. The van der Waals surface area contributed by atoms with E-state index < -0.39 is 6.04 Å². The van der Waals surface area contributed by atoms with Gasteiger partial charge in [0.25, 0.3) is 0 Å². The Balaban J connectivity index is 2.10. The molecule has 5 nitrogen and oxygen atoms in total. The molecule has 1 unspecified atom stereocenters. The molecular formula is C14H17ClN2O3. The van der Waals surface area contributed by atoms with Gasteiger partial charge in [-0.05, 0) is 30.7 Å². The number of carbonyl (C=O) groups excluding carboxylic acids is 2. The molecule has 1 aliphatic heterocycles. The first kappa shape index (κ1) is 14.8. The summed E-state index contributed by atoms with van der Waals surface area (Å²) in [5.74, 6) is -0.193. The van der Waals surface area contributed by atoms with Crippen LogP contribution in [-0.2, 0) is 14.3 Å². The number of halogens is 1. The molecule has 1 N–H and O–H groups in total. The Hall–Kier alpha value is -1.59. The Labute approximate surface area is 122 Å². The van der Waals surface area contributed by atoms with Crippen LogP contribution < -0.4 is 10.2 Å². The third-order valence-electron chi connectivity index (χ3n) is 3.22. The SMILES string of the molecule is COCCNC(=O)C1CCC(=O)N1c1ccc(Cl)cc1. The fraction of sp³-hybridized carbons (Fsp3) is 0.429. The summed E-state index contributed by atoms with van der Waals surface area (Å²) in [5.41, 5.74) is 0.698. The molecule has 108 valence electrons. The van der Waals surface area contributed by atoms with Gasteiger partial charge < -0.3 is 10.1 Å². The molecule has 1 fully saturated rings. The van der Waals surface area contributed by atoms with Gasteiger partial charge in [0.2, 0.25) is 11.8 Å². The lowest BCUT2D eigenvalue weighted by Gasteiger charge is -2.24. The summed E-state index contributed by atoms with van der Waals surface area (Å²) in [5, 5.41) is 3.37. The van der Waals surface area contributed by atoms with Gasteiger partial charge in [-0.15, -0.1) is 0 Å². The van der Waals surface area contributed by atoms with Crippen molar-refractivity contribution in [1.82, 2.24) is 5.32 Å². The maximum absolute atomic E-state index is 12.1. The number of benzene rings is 1. The first-order valence-corrected chi connectivity index (χ1v) is 6.85. The lowest BCUT2D eigenvalue weighted by Crippen LogP contribution is -2.45. The highest BCUT2D eigenvalue weighted by Gasteiger charge is 2.36. The molecule has 1 atom stereocenters. The van der Waals surface area contributed by atoms with E-state index in [2.05, 4.69) is 5.32 Å². The maximum Gasteiger partial charge on any atom is 0.243 e. The van der Waals surface area contributed by atoms with Crippen molar-refractivity contribution < 1.29 is 14.3 Å². The number of anilines is 1. The van der Waals surface area contributed by atoms with E-state index in [0.29, 0.717) is 36.7 Å². The topological polar surface area (TPSA) is 58.6 Å². The molecule has 20 heavy (non-hydrogen) atoms. The highest BCUT2D eigenvalue weighted by molar-refractivity contribution is 6.30. The van der Waals surface area contributed by atoms with Crippen molar-refractivity contribution in [3.05, 3.63) is 29.3 Å². The summed E-state index contributed by atoms with van der Waals surface area (Å²) in [4.78, 5) is 25.7. The average molecular weight is 297 g/mol. The number of methoxy groups -OCH3 is 1. The molecule has 1 heterocycles. The minimum Gasteiger partial charge on any atom is -0.383 e. The minimum atomic E-state index is -0.458. The van der Waals surface area contributed by atoms with E-state index in [1.165, 1.54) is 0 Å². The Morgan fingerprint density at radius 3 is 2.80 bits per heavy atom. The van der Waals surface area contributed by atoms with Crippen LogP contribution >= 0.6 is 11.6 Å². The number of carbonyl (C=O) groups is 2. The van der Waals surface area contributed by atoms with E-state index in [4.69, 9.17) is 16.3 Å². The van der Waals surface area contributed by atoms with E-state index in [0.717, 1.165) is 0 Å². The molecule has 0 spiro atoms. The number of nitrogens with zero attached hydrogens (tertiary/aromatic N) is 1. The summed E-state index contributed by atoms with van der Waals surface area (Å²) in [6, 6.07) is 6.47. The fourth-order valence-corrected chi connectivity index (χ4v) is 2.38. The molecule has 0 aliphatic carbocycles. The molecule has 6 heteroatoms. The monoisotopic (exact) mass is 296 g/mol. The zero-order valence-corrected chi connectivity index (χ0v) is 12.0. The minimum absolute atomic E-state index is 0.0424. The van der Waals surface area contributed by atoms with Crippen molar-refractivity contribution in [3.63, 3.8) is 0 Å². The second kappa shape index (κ2) is 6.72. The number of amides is 2. The van der Waals surface area contributed by atoms with Gasteiger partial charge in [0.1, 0.15) is 6.04 Å².